The van der Waals surface area contributed by atoms with Gasteiger partial charge in [0, 0.05) is 24.9 Å². The number of ether oxygens (including phenoxy) is 1. The van der Waals surface area contributed by atoms with Crippen molar-refractivity contribution in [1.82, 2.24) is 4.57 Å². The van der Waals surface area contributed by atoms with Crippen LogP contribution >= 0.6 is 0 Å². The molecule has 2 aromatic rings. The molecule has 0 saturated heterocycles. The molecule has 0 fully saturated rings. The third-order valence-electron chi connectivity index (χ3n) is 3.81. The number of hydrogen-bond donors (Lipinski definition) is 1. The Labute approximate surface area is 129 Å². The normalized spacial score (nSPS) is 12.4. The van der Waals surface area contributed by atoms with Gasteiger partial charge in [-0.1, -0.05) is 12.1 Å². The predicted molar refractivity (Wildman–Crippen MR) is 84.5 cm³/mol. The number of nitrogens with zero attached hydrogens (tertiary/aromatic N) is 1. The molecule has 2 N–H and O–H groups in total. The van der Waals surface area contributed by atoms with Gasteiger partial charge >= 0.3 is 0 Å². The molecule has 0 amide bonds. The lowest BCUT2D eigenvalue weighted by molar-refractivity contribution is 0.185. The van der Waals surface area contributed by atoms with Crippen LogP contribution in [-0.4, -0.2) is 18.3 Å². The molecular formula is C17H21FN2O2. The van der Waals surface area contributed by atoms with Crippen molar-refractivity contribution in [2.45, 2.75) is 26.4 Å². The minimum Gasteiger partial charge on any atom is -0.383 e. The van der Waals surface area contributed by atoms with E-state index in [-0.39, 0.29) is 11.4 Å². The highest BCUT2D eigenvalue weighted by molar-refractivity contribution is 5.36. The second-order valence-electron chi connectivity index (χ2n) is 5.36. The van der Waals surface area contributed by atoms with Crippen molar-refractivity contribution in [3.8, 4) is 0 Å². The summed E-state index contributed by atoms with van der Waals surface area (Å²) in [6, 6.07) is 7.28. The highest BCUT2D eigenvalue weighted by Crippen LogP contribution is 2.20. The van der Waals surface area contributed by atoms with Crippen LogP contribution in [0, 0.1) is 19.7 Å². The lowest BCUT2D eigenvalue weighted by Crippen LogP contribution is -2.32. The first-order valence-electron chi connectivity index (χ1n) is 7.16. The highest BCUT2D eigenvalue weighted by atomic mass is 19.1. The van der Waals surface area contributed by atoms with Gasteiger partial charge in [-0.3, -0.25) is 4.79 Å². The molecule has 1 heterocycles. The lowest BCUT2D eigenvalue weighted by Gasteiger charge is -2.19. The number of hydrogen-bond acceptors (Lipinski definition) is 3. The minimum atomic E-state index is -0.581. The van der Waals surface area contributed by atoms with Gasteiger partial charge in [-0.25, -0.2) is 4.39 Å². The summed E-state index contributed by atoms with van der Waals surface area (Å²) in [5.41, 5.74) is 9.09. The smallest absolute Gasteiger partial charge is 0.256 e. The quantitative estimate of drug-likeness (QED) is 0.922. The first kappa shape index (κ1) is 16.4. The van der Waals surface area contributed by atoms with Crippen LogP contribution < -0.4 is 11.3 Å². The van der Waals surface area contributed by atoms with E-state index < -0.39 is 6.04 Å². The molecule has 0 aliphatic rings. The molecule has 0 spiro atoms. The molecule has 0 aliphatic heterocycles. The monoisotopic (exact) mass is 304 g/mol. The summed E-state index contributed by atoms with van der Waals surface area (Å²) in [6.07, 6.45) is 0. The SMILES string of the molecule is COCCn1c(C)cc(C)c(C(N)c2ccc(F)cc2)c1=O. The Morgan fingerprint density at radius 2 is 1.91 bits per heavy atom. The minimum absolute atomic E-state index is 0.119. The van der Waals surface area contributed by atoms with Gasteiger partial charge in [-0.15, -0.1) is 0 Å². The molecule has 5 heteroatoms. The van der Waals surface area contributed by atoms with Crippen molar-refractivity contribution < 1.29 is 9.13 Å². The van der Waals surface area contributed by atoms with Crippen molar-refractivity contribution in [3.05, 3.63) is 68.9 Å². The summed E-state index contributed by atoms with van der Waals surface area (Å²) in [5.74, 6) is -0.325. The van der Waals surface area contributed by atoms with E-state index in [9.17, 15) is 9.18 Å². The van der Waals surface area contributed by atoms with E-state index >= 15 is 0 Å². The molecule has 0 bridgehead atoms. The largest absolute Gasteiger partial charge is 0.383 e. The maximum absolute atomic E-state index is 13.0. The zero-order chi connectivity index (χ0) is 16.3. The van der Waals surface area contributed by atoms with Crippen LogP contribution in [0.25, 0.3) is 0 Å². The molecule has 0 saturated carbocycles. The number of nitrogens with two attached hydrogens (primary N) is 1. The Kier molecular flexibility index (Phi) is 5.11. The summed E-state index contributed by atoms with van der Waals surface area (Å²) >= 11 is 0. The number of aromatic nitrogens is 1. The Morgan fingerprint density at radius 1 is 1.27 bits per heavy atom. The van der Waals surface area contributed by atoms with Gasteiger partial charge in [0.2, 0.25) is 0 Å². The summed E-state index contributed by atoms with van der Waals surface area (Å²) in [4.78, 5) is 12.8. The summed E-state index contributed by atoms with van der Waals surface area (Å²) in [5, 5.41) is 0. The van der Waals surface area contributed by atoms with Crippen molar-refractivity contribution in [1.29, 1.82) is 0 Å². The van der Waals surface area contributed by atoms with Crippen LogP contribution in [0.4, 0.5) is 4.39 Å². The molecule has 4 nitrogen and oxygen atoms in total. The number of halogens is 1. The fourth-order valence-corrected chi connectivity index (χ4v) is 2.62. The number of benzene rings is 1. The van der Waals surface area contributed by atoms with Gasteiger partial charge in [-0.2, -0.15) is 0 Å². The van der Waals surface area contributed by atoms with Crippen molar-refractivity contribution >= 4 is 0 Å². The average Bonchev–Trinajstić information content (AvgIpc) is 2.47. The topological polar surface area (TPSA) is 57.2 Å². The third kappa shape index (κ3) is 3.26. The van der Waals surface area contributed by atoms with E-state index in [4.69, 9.17) is 10.5 Å². The standard InChI is InChI=1S/C17H21FN2O2/c1-11-10-12(2)20(8-9-22-3)17(21)15(11)16(19)13-4-6-14(18)7-5-13/h4-7,10,16H,8-9,19H2,1-3H3. The summed E-state index contributed by atoms with van der Waals surface area (Å²) < 4.78 is 19.8. The molecule has 1 aromatic carbocycles. The van der Waals surface area contributed by atoms with Crippen molar-refractivity contribution in [2.24, 2.45) is 5.73 Å². The number of rotatable bonds is 5. The van der Waals surface area contributed by atoms with Crippen LogP contribution in [-0.2, 0) is 11.3 Å². The summed E-state index contributed by atoms with van der Waals surface area (Å²) in [6.45, 7) is 4.69. The Bertz CT molecular complexity index is 708. The fourth-order valence-electron chi connectivity index (χ4n) is 2.62. The third-order valence-corrected chi connectivity index (χ3v) is 3.81. The molecule has 22 heavy (non-hydrogen) atoms. The van der Waals surface area contributed by atoms with Gasteiger partial charge in [0.05, 0.1) is 12.6 Å². The predicted octanol–water partition coefficient (Wildman–Crippen LogP) is 2.30. The molecule has 1 atom stereocenters. The summed E-state index contributed by atoms with van der Waals surface area (Å²) in [7, 11) is 1.60. The number of methoxy groups -OCH3 is 1. The van der Waals surface area contributed by atoms with Crippen molar-refractivity contribution in [3.63, 3.8) is 0 Å². The first-order chi connectivity index (χ1) is 10.5. The zero-order valence-corrected chi connectivity index (χ0v) is 13.1. The molecule has 1 aromatic heterocycles. The average molecular weight is 304 g/mol. The molecule has 1 unspecified atom stereocenters. The Balaban J connectivity index is 2.49. The lowest BCUT2D eigenvalue weighted by atomic mass is 9.96. The zero-order valence-electron chi connectivity index (χ0n) is 13.1. The van der Waals surface area contributed by atoms with Gasteiger partial charge in [0.1, 0.15) is 5.82 Å². The fraction of sp³-hybridized carbons (Fsp3) is 0.353. The highest BCUT2D eigenvalue weighted by Gasteiger charge is 2.18. The number of pyridine rings is 1. The van der Waals surface area contributed by atoms with Gasteiger partial charge < -0.3 is 15.0 Å². The second kappa shape index (κ2) is 6.85. The molecule has 0 aliphatic carbocycles. The molecular weight excluding hydrogens is 283 g/mol. The second-order valence-corrected chi connectivity index (χ2v) is 5.36. The van der Waals surface area contributed by atoms with E-state index in [0.29, 0.717) is 24.3 Å². The van der Waals surface area contributed by atoms with Crippen LogP contribution in [0.15, 0.2) is 35.1 Å². The van der Waals surface area contributed by atoms with Gasteiger partial charge in [-0.05, 0) is 43.2 Å². The van der Waals surface area contributed by atoms with Crippen molar-refractivity contribution in [2.75, 3.05) is 13.7 Å². The maximum Gasteiger partial charge on any atom is 0.256 e. The van der Waals surface area contributed by atoms with Crippen LogP contribution in [0.5, 0.6) is 0 Å². The van der Waals surface area contributed by atoms with Gasteiger partial charge in [0.25, 0.3) is 5.56 Å². The Morgan fingerprint density at radius 3 is 2.50 bits per heavy atom. The van der Waals surface area contributed by atoms with Crippen LogP contribution in [0.3, 0.4) is 0 Å². The van der Waals surface area contributed by atoms with E-state index in [1.807, 2.05) is 19.9 Å². The number of aryl methyl sites for hydroxylation is 2. The van der Waals surface area contributed by atoms with E-state index in [1.165, 1.54) is 12.1 Å². The Hall–Kier alpha value is -1.98. The van der Waals surface area contributed by atoms with E-state index in [1.54, 1.807) is 23.8 Å². The molecule has 118 valence electrons. The first-order valence-corrected chi connectivity index (χ1v) is 7.16. The van der Waals surface area contributed by atoms with Crippen LogP contribution in [0.2, 0.25) is 0 Å². The van der Waals surface area contributed by atoms with Gasteiger partial charge in [0.15, 0.2) is 0 Å². The van der Waals surface area contributed by atoms with Crippen LogP contribution in [0.1, 0.15) is 28.4 Å². The van der Waals surface area contributed by atoms with E-state index in [2.05, 4.69) is 0 Å². The molecule has 0 radical (unpaired) electrons. The maximum atomic E-state index is 13.0. The molecule has 2 rings (SSSR count). The van der Waals surface area contributed by atoms with E-state index in [0.717, 1.165) is 11.3 Å².